The minimum atomic E-state index is -0.659. The number of aromatic nitrogens is 2. The van der Waals surface area contributed by atoms with Gasteiger partial charge in [-0.05, 0) is 25.1 Å². The van der Waals surface area contributed by atoms with Gasteiger partial charge >= 0.3 is 5.69 Å². The van der Waals surface area contributed by atoms with E-state index in [1.54, 1.807) is 25.1 Å². The molecule has 0 N–H and O–H groups in total. The van der Waals surface area contributed by atoms with E-state index in [-0.39, 0.29) is 27.3 Å². The fourth-order valence-electron chi connectivity index (χ4n) is 2.62. The fraction of sp³-hybridized carbons (Fsp3) is 0.0588. The number of nitrogens with zero attached hydrogens (tertiary/aromatic N) is 3. The van der Waals surface area contributed by atoms with Crippen LogP contribution in [0, 0.1) is 10.1 Å². The molecule has 3 rings (SSSR count). The van der Waals surface area contributed by atoms with E-state index in [0.29, 0.717) is 5.70 Å². The normalized spacial score (nSPS) is 10.8. The van der Waals surface area contributed by atoms with Gasteiger partial charge in [0.25, 0.3) is 11.6 Å². The van der Waals surface area contributed by atoms with Gasteiger partial charge in [0, 0.05) is 17.8 Å². The number of nitro groups is 1. The van der Waals surface area contributed by atoms with Gasteiger partial charge in [-0.25, -0.2) is 9.36 Å². The lowest BCUT2D eigenvalue weighted by atomic mass is 10.2. The van der Waals surface area contributed by atoms with E-state index in [9.17, 15) is 19.7 Å². The first kappa shape index (κ1) is 16.7. The molecule has 0 bridgehead atoms. The maximum absolute atomic E-state index is 12.9. The third-order valence-electron chi connectivity index (χ3n) is 3.72. The van der Waals surface area contributed by atoms with Gasteiger partial charge in [0.1, 0.15) is 0 Å². The zero-order valence-electron chi connectivity index (χ0n) is 13.1. The summed E-state index contributed by atoms with van der Waals surface area (Å²) in [5.74, 6) is -0.616. The van der Waals surface area contributed by atoms with E-state index in [4.69, 9.17) is 11.6 Å². The Balaban J connectivity index is 2.36. The van der Waals surface area contributed by atoms with Gasteiger partial charge in [-0.1, -0.05) is 30.3 Å². The summed E-state index contributed by atoms with van der Waals surface area (Å²) in [6.45, 7) is 5.29. The molecule has 0 radical (unpaired) electrons. The molecule has 0 fully saturated rings. The van der Waals surface area contributed by atoms with Crippen LogP contribution < -0.4 is 5.69 Å². The maximum Gasteiger partial charge on any atom is 0.340 e. The standard InChI is InChI=1S/C17H12ClN3O4/c1-10(2)19-15-9-11(21(24)25)7-8-14(15)20(17(19)23)16(22)12-5-3-4-6-13(12)18/h3-9H,1H2,2H3. The van der Waals surface area contributed by atoms with E-state index < -0.39 is 16.5 Å². The van der Waals surface area contributed by atoms with Gasteiger partial charge in [-0.2, -0.15) is 0 Å². The Kier molecular flexibility index (Phi) is 4.02. The minimum Gasteiger partial charge on any atom is -0.268 e. The summed E-state index contributed by atoms with van der Waals surface area (Å²) in [5.41, 5.74) is 0.111. The molecule has 126 valence electrons. The van der Waals surface area contributed by atoms with Crippen LogP contribution >= 0.6 is 11.6 Å². The van der Waals surface area contributed by atoms with Crippen LogP contribution in [0.4, 0.5) is 5.69 Å². The van der Waals surface area contributed by atoms with E-state index in [0.717, 1.165) is 9.13 Å². The molecule has 25 heavy (non-hydrogen) atoms. The minimum absolute atomic E-state index is 0.158. The van der Waals surface area contributed by atoms with Gasteiger partial charge < -0.3 is 0 Å². The average Bonchev–Trinajstić information content (AvgIpc) is 2.85. The Bertz CT molecular complexity index is 1110. The SMILES string of the molecule is C=C(C)n1c(=O)n(C(=O)c2ccccc2Cl)c2ccc([N+](=O)[O-])cc21. The number of allylic oxidation sites excluding steroid dienone is 1. The third kappa shape index (κ3) is 2.64. The number of carbonyl (C=O) groups excluding carboxylic acids is 1. The first-order valence-corrected chi connectivity index (χ1v) is 7.57. The Morgan fingerprint density at radius 2 is 1.84 bits per heavy atom. The molecule has 2 aromatic carbocycles. The van der Waals surface area contributed by atoms with Crippen molar-refractivity contribution >= 4 is 39.9 Å². The molecule has 0 saturated heterocycles. The summed E-state index contributed by atoms with van der Waals surface area (Å²) in [5, 5.41) is 11.2. The third-order valence-corrected chi connectivity index (χ3v) is 4.05. The summed E-state index contributed by atoms with van der Waals surface area (Å²) in [4.78, 5) is 36.1. The Morgan fingerprint density at radius 3 is 2.44 bits per heavy atom. The highest BCUT2D eigenvalue weighted by Gasteiger charge is 2.23. The highest BCUT2D eigenvalue weighted by Crippen LogP contribution is 2.24. The number of hydrogen-bond donors (Lipinski definition) is 0. The lowest BCUT2D eigenvalue weighted by Crippen LogP contribution is -2.29. The van der Waals surface area contributed by atoms with Gasteiger partial charge in [-0.15, -0.1) is 0 Å². The van der Waals surface area contributed by atoms with Crippen LogP contribution in [0.3, 0.4) is 0 Å². The molecule has 3 aromatic rings. The second-order valence-corrected chi connectivity index (χ2v) is 5.81. The van der Waals surface area contributed by atoms with E-state index in [1.165, 1.54) is 24.3 Å². The highest BCUT2D eigenvalue weighted by molar-refractivity contribution is 6.34. The number of carbonyl (C=O) groups is 1. The zero-order valence-corrected chi connectivity index (χ0v) is 13.9. The topological polar surface area (TPSA) is 87.1 Å². The number of non-ortho nitro benzene ring substituents is 1. The molecule has 0 amide bonds. The molecule has 0 aliphatic rings. The highest BCUT2D eigenvalue weighted by atomic mass is 35.5. The second-order valence-electron chi connectivity index (χ2n) is 5.40. The van der Waals surface area contributed by atoms with Crippen LogP contribution in [0.2, 0.25) is 5.02 Å². The molecule has 1 heterocycles. The summed E-state index contributed by atoms with van der Waals surface area (Å²) < 4.78 is 2.10. The number of nitro benzene ring substituents is 1. The van der Waals surface area contributed by atoms with E-state index in [2.05, 4.69) is 6.58 Å². The predicted molar refractivity (Wildman–Crippen MR) is 95.0 cm³/mol. The monoisotopic (exact) mass is 357 g/mol. The molecule has 0 unspecified atom stereocenters. The number of benzene rings is 2. The largest absolute Gasteiger partial charge is 0.340 e. The average molecular weight is 358 g/mol. The van der Waals surface area contributed by atoms with Gasteiger partial charge in [0.05, 0.1) is 26.5 Å². The van der Waals surface area contributed by atoms with Crippen molar-refractivity contribution < 1.29 is 9.72 Å². The fourth-order valence-corrected chi connectivity index (χ4v) is 2.84. The molecular formula is C17H12ClN3O4. The molecule has 8 heteroatoms. The van der Waals surface area contributed by atoms with Crippen LogP contribution in [0.25, 0.3) is 16.7 Å². The van der Waals surface area contributed by atoms with Crippen molar-refractivity contribution in [1.29, 1.82) is 0 Å². The lowest BCUT2D eigenvalue weighted by Gasteiger charge is -2.04. The second kappa shape index (κ2) is 6.03. The van der Waals surface area contributed by atoms with Crippen LogP contribution in [-0.2, 0) is 0 Å². The first-order chi connectivity index (χ1) is 11.8. The van der Waals surface area contributed by atoms with Crippen LogP contribution in [0.15, 0.2) is 53.8 Å². The lowest BCUT2D eigenvalue weighted by molar-refractivity contribution is -0.384. The van der Waals surface area contributed by atoms with Gasteiger partial charge in [0.15, 0.2) is 0 Å². The molecular weight excluding hydrogens is 346 g/mol. The quantitative estimate of drug-likeness (QED) is 0.529. The summed E-state index contributed by atoms with van der Waals surface area (Å²) in [7, 11) is 0. The van der Waals surface area contributed by atoms with Crippen molar-refractivity contribution in [2.45, 2.75) is 6.92 Å². The molecule has 0 aliphatic heterocycles. The summed E-state index contributed by atoms with van der Waals surface area (Å²) in [6, 6.07) is 10.2. The van der Waals surface area contributed by atoms with Gasteiger partial charge in [0.2, 0.25) is 0 Å². The predicted octanol–water partition coefficient (Wildman–Crippen LogP) is 3.54. The molecule has 0 spiro atoms. The van der Waals surface area contributed by atoms with Crippen LogP contribution in [-0.4, -0.2) is 20.0 Å². The Hall–Kier alpha value is -3.19. The van der Waals surface area contributed by atoms with Crippen molar-refractivity contribution in [1.82, 2.24) is 9.13 Å². The van der Waals surface area contributed by atoms with Crippen LogP contribution in [0.1, 0.15) is 17.3 Å². The maximum atomic E-state index is 12.9. The molecule has 0 saturated carbocycles. The van der Waals surface area contributed by atoms with Crippen molar-refractivity contribution in [3.05, 3.63) is 80.2 Å². The molecule has 0 aliphatic carbocycles. The Morgan fingerprint density at radius 1 is 1.16 bits per heavy atom. The number of imidazole rings is 1. The van der Waals surface area contributed by atoms with Crippen molar-refractivity contribution in [2.75, 3.05) is 0 Å². The number of hydrogen-bond acceptors (Lipinski definition) is 4. The van der Waals surface area contributed by atoms with Gasteiger partial charge in [-0.3, -0.25) is 19.5 Å². The molecule has 1 aromatic heterocycles. The summed E-state index contributed by atoms with van der Waals surface area (Å²) in [6.07, 6.45) is 0. The zero-order chi connectivity index (χ0) is 18.3. The first-order valence-electron chi connectivity index (χ1n) is 7.20. The smallest absolute Gasteiger partial charge is 0.268 e. The molecule has 7 nitrogen and oxygen atoms in total. The van der Waals surface area contributed by atoms with Crippen molar-refractivity contribution in [3.63, 3.8) is 0 Å². The summed E-state index contributed by atoms with van der Waals surface area (Å²) >= 11 is 6.06. The van der Waals surface area contributed by atoms with E-state index >= 15 is 0 Å². The number of fused-ring (bicyclic) bond motifs is 1. The van der Waals surface area contributed by atoms with E-state index in [1.807, 2.05) is 0 Å². The Labute approximate surface area is 146 Å². The number of halogens is 1. The van der Waals surface area contributed by atoms with Crippen molar-refractivity contribution in [3.8, 4) is 0 Å². The molecule has 0 atom stereocenters. The number of rotatable bonds is 3. The van der Waals surface area contributed by atoms with Crippen LogP contribution in [0.5, 0.6) is 0 Å². The van der Waals surface area contributed by atoms with Crippen molar-refractivity contribution in [2.24, 2.45) is 0 Å².